The van der Waals surface area contributed by atoms with Crippen molar-refractivity contribution in [1.29, 1.82) is 0 Å². The lowest BCUT2D eigenvalue weighted by Gasteiger charge is -2.38. The zero-order valence-electron chi connectivity index (χ0n) is 23.3. The second-order valence-electron chi connectivity index (χ2n) is 12.3. The third kappa shape index (κ3) is 5.45. The van der Waals surface area contributed by atoms with Crippen LogP contribution in [0, 0.1) is 8.99 Å². The summed E-state index contributed by atoms with van der Waals surface area (Å²) in [6.45, 7) is 5.29. The standard InChI is InChI=1S/C30H36IN5O4/c1-29(39)8-5-11-35(16-29)26-22-14-36(27(38)21-13-20(37)12-19-6-4-7-23(31)25(19)21)15-24(22)32-28(33-26)40-18-30(9-10-30)17-34(2)3/h4,6-7,12-13,37,39H,5,8-11,14-18H2,1-3H3/t29-/m1/s1. The number of halogens is 1. The summed E-state index contributed by atoms with van der Waals surface area (Å²) >= 11 is 2.24. The first kappa shape index (κ1) is 27.5. The molecule has 2 fully saturated rings. The summed E-state index contributed by atoms with van der Waals surface area (Å²) in [6.07, 6.45) is 3.83. The quantitative estimate of drug-likeness (QED) is 0.366. The molecule has 1 saturated heterocycles. The Morgan fingerprint density at radius 3 is 2.70 bits per heavy atom. The lowest BCUT2D eigenvalue weighted by atomic mass is 9.95. The highest BCUT2D eigenvalue weighted by molar-refractivity contribution is 14.1. The number of hydrogen-bond acceptors (Lipinski definition) is 8. The number of β-amino-alcohol motifs (C(OH)–C–C–N with tert-alkyl or cyclic N) is 1. The van der Waals surface area contributed by atoms with Crippen LogP contribution in [0.3, 0.4) is 0 Å². The minimum Gasteiger partial charge on any atom is -0.508 e. The van der Waals surface area contributed by atoms with Crippen LogP contribution in [-0.4, -0.2) is 81.8 Å². The van der Waals surface area contributed by atoms with Gasteiger partial charge in [-0.25, -0.2) is 0 Å². The number of ether oxygens (including phenoxy) is 1. The molecule has 0 spiro atoms. The van der Waals surface area contributed by atoms with E-state index in [4.69, 9.17) is 14.7 Å². The molecule has 1 atom stereocenters. The predicted octanol–water partition coefficient (Wildman–Crippen LogP) is 4.17. The topological polar surface area (TPSA) is 102 Å². The molecular weight excluding hydrogens is 621 g/mol. The number of anilines is 1. The Balaban J connectivity index is 1.33. The largest absolute Gasteiger partial charge is 0.508 e. The van der Waals surface area contributed by atoms with Crippen molar-refractivity contribution in [3.63, 3.8) is 0 Å². The van der Waals surface area contributed by atoms with E-state index < -0.39 is 5.60 Å². The van der Waals surface area contributed by atoms with E-state index in [1.54, 1.807) is 17.0 Å². The monoisotopic (exact) mass is 657 g/mol. The Hall–Kier alpha value is -2.70. The Kier molecular flexibility index (Phi) is 7.07. The van der Waals surface area contributed by atoms with Crippen LogP contribution in [0.4, 0.5) is 5.82 Å². The van der Waals surface area contributed by atoms with E-state index in [1.807, 2.05) is 25.1 Å². The minimum absolute atomic E-state index is 0.0630. The molecule has 3 heterocycles. The minimum atomic E-state index is -0.813. The van der Waals surface area contributed by atoms with Gasteiger partial charge in [-0.15, -0.1) is 0 Å². The highest BCUT2D eigenvalue weighted by Gasteiger charge is 2.44. The van der Waals surface area contributed by atoms with Gasteiger partial charge in [-0.3, -0.25) is 4.79 Å². The molecule has 212 valence electrons. The third-order valence-electron chi connectivity index (χ3n) is 8.26. The number of aromatic nitrogens is 2. The highest BCUT2D eigenvalue weighted by atomic mass is 127. The maximum absolute atomic E-state index is 14.0. The zero-order chi connectivity index (χ0) is 28.2. The van der Waals surface area contributed by atoms with Crippen LogP contribution in [-0.2, 0) is 13.1 Å². The number of carbonyl (C=O) groups excluding carboxylic acids is 1. The van der Waals surface area contributed by atoms with Gasteiger partial charge >= 0.3 is 6.01 Å². The van der Waals surface area contributed by atoms with E-state index in [9.17, 15) is 15.0 Å². The fraction of sp³-hybridized carbons (Fsp3) is 0.500. The van der Waals surface area contributed by atoms with Gasteiger partial charge in [0.2, 0.25) is 0 Å². The first-order valence-corrected chi connectivity index (χ1v) is 15.0. The van der Waals surface area contributed by atoms with Crippen molar-refractivity contribution in [1.82, 2.24) is 19.8 Å². The number of nitrogens with zero attached hydrogens (tertiary/aromatic N) is 5. The maximum Gasteiger partial charge on any atom is 0.318 e. The first-order valence-electron chi connectivity index (χ1n) is 13.9. The van der Waals surface area contributed by atoms with Crippen LogP contribution >= 0.6 is 22.6 Å². The first-order chi connectivity index (χ1) is 19.0. The Bertz CT molecular complexity index is 1470. The molecule has 1 saturated carbocycles. The molecular formula is C30H36IN5O4. The summed E-state index contributed by atoms with van der Waals surface area (Å²) in [5, 5.41) is 22.9. The van der Waals surface area contributed by atoms with E-state index in [0.29, 0.717) is 37.8 Å². The van der Waals surface area contributed by atoms with Gasteiger partial charge in [0.1, 0.15) is 11.6 Å². The van der Waals surface area contributed by atoms with Crippen LogP contribution in [0.1, 0.15) is 54.2 Å². The van der Waals surface area contributed by atoms with Crippen molar-refractivity contribution < 1.29 is 19.7 Å². The summed E-state index contributed by atoms with van der Waals surface area (Å²) in [5.74, 6) is 0.640. The molecule has 0 bridgehead atoms. The number of hydrogen-bond donors (Lipinski definition) is 2. The third-order valence-corrected chi connectivity index (χ3v) is 9.16. The van der Waals surface area contributed by atoms with Crippen LogP contribution in [0.5, 0.6) is 11.8 Å². The number of phenolic OH excluding ortho intramolecular Hbond substituents is 1. The van der Waals surface area contributed by atoms with E-state index in [2.05, 4.69) is 46.5 Å². The number of aromatic hydroxyl groups is 1. The van der Waals surface area contributed by atoms with Crippen LogP contribution in [0.25, 0.3) is 10.8 Å². The van der Waals surface area contributed by atoms with Crippen molar-refractivity contribution >= 4 is 45.1 Å². The second-order valence-corrected chi connectivity index (χ2v) is 13.5. The molecule has 3 aromatic rings. The lowest BCUT2D eigenvalue weighted by molar-refractivity contribution is 0.0445. The van der Waals surface area contributed by atoms with Crippen LogP contribution in [0.15, 0.2) is 30.3 Å². The van der Waals surface area contributed by atoms with Gasteiger partial charge < -0.3 is 29.6 Å². The van der Waals surface area contributed by atoms with Gasteiger partial charge in [0.05, 0.1) is 36.6 Å². The average molecular weight is 658 g/mol. The summed E-state index contributed by atoms with van der Waals surface area (Å²) < 4.78 is 7.19. The van der Waals surface area contributed by atoms with E-state index in [1.165, 1.54) is 0 Å². The Morgan fingerprint density at radius 2 is 1.98 bits per heavy atom. The molecule has 10 heteroatoms. The molecule has 6 rings (SSSR count). The Morgan fingerprint density at radius 1 is 1.18 bits per heavy atom. The molecule has 1 aromatic heterocycles. The van der Waals surface area contributed by atoms with E-state index in [-0.39, 0.29) is 17.1 Å². The molecule has 3 aliphatic rings. The van der Waals surface area contributed by atoms with Crippen LogP contribution in [0.2, 0.25) is 0 Å². The number of fused-ring (bicyclic) bond motifs is 2. The highest BCUT2D eigenvalue weighted by Crippen LogP contribution is 2.46. The van der Waals surface area contributed by atoms with Crippen molar-refractivity contribution in [2.75, 3.05) is 45.2 Å². The van der Waals surface area contributed by atoms with Crippen molar-refractivity contribution in [3.8, 4) is 11.8 Å². The van der Waals surface area contributed by atoms with Gasteiger partial charge in [0.15, 0.2) is 0 Å². The van der Waals surface area contributed by atoms with Crippen molar-refractivity contribution in [2.24, 2.45) is 5.41 Å². The predicted molar refractivity (Wildman–Crippen MR) is 162 cm³/mol. The smallest absolute Gasteiger partial charge is 0.318 e. The van der Waals surface area contributed by atoms with Gasteiger partial charge in [-0.05, 0) is 92.9 Å². The molecule has 2 aromatic carbocycles. The lowest BCUT2D eigenvalue weighted by Crippen LogP contribution is -2.47. The van der Waals surface area contributed by atoms with Crippen LogP contribution < -0.4 is 9.64 Å². The number of carbonyl (C=O) groups is 1. The molecule has 2 aliphatic heterocycles. The number of piperidine rings is 1. The molecule has 40 heavy (non-hydrogen) atoms. The molecule has 0 radical (unpaired) electrons. The molecule has 9 nitrogen and oxygen atoms in total. The van der Waals surface area contributed by atoms with Gasteiger partial charge in [0, 0.05) is 39.6 Å². The molecule has 1 aliphatic carbocycles. The molecule has 0 unspecified atom stereocenters. The van der Waals surface area contributed by atoms with Gasteiger partial charge in [0.25, 0.3) is 5.91 Å². The normalized spacial score (nSPS) is 21.6. The second kappa shape index (κ2) is 10.3. The molecule has 2 N–H and O–H groups in total. The van der Waals surface area contributed by atoms with Crippen molar-refractivity contribution in [3.05, 3.63) is 50.7 Å². The van der Waals surface area contributed by atoms with Crippen molar-refractivity contribution in [2.45, 2.75) is 51.3 Å². The fourth-order valence-electron chi connectivity index (χ4n) is 6.20. The summed E-state index contributed by atoms with van der Waals surface area (Å²) in [5.41, 5.74) is 1.46. The number of amides is 1. The SMILES string of the molecule is CN(C)CC1(COc2nc3c(c(N4CCC[C@@](C)(O)C4)n2)CN(C(=O)c2cc(O)cc4cccc(I)c24)C3)CC1. The van der Waals surface area contributed by atoms with E-state index in [0.717, 1.165) is 70.2 Å². The number of phenols is 1. The number of benzene rings is 2. The van der Waals surface area contributed by atoms with E-state index >= 15 is 0 Å². The van der Waals surface area contributed by atoms with Gasteiger partial charge in [-0.2, -0.15) is 9.97 Å². The number of aliphatic hydroxyl groups is 1. The summed E-state index contributed by atoms with van der Waals surface area (Å²) in [6, 6.07) is 9.36. The number of rotatable bonds is 7. The zero-order valence-corrected chi connectivity index (χ0v) is 25.4. The summed E-state index contributed by atoms with van der Waals surface area (Å²) in [4.78, 5) is 29.7. The van der Waals surface area contributed by atoms with Gasteiger partial charge in [-0.1, -0.05) is 12.1 Å². The fourth-order valence-corrected chi connectivity index (χ4v) is 7.01. The maximum atomic E-state index is 14.0. The molecule has 1 amide bonds. The average Bonchev–Trinajstić information content (AvgIpc) is 3.50. The summed E-state index contributed by atoms with van der Waals surface area (Å²) in [7, 11) is 4.16. The Labute approximate surface area is 248 Å².